The van der Waals surface area contributed by atoms with Crippen LogP contribution in [-0.4, -0.2) is 97.7 Å². The van der Waals surface area contributed by atoms with Crippen LogP contribution < -0.4 is 30.7 Å². The number of ether oxygens (including phenoxy) is 2. The Morgan fingerprint density at radius 1 is 0.750 bits per heavy atom. The molecule has 3 heterocycles. The summed E-state index contributed by atoms with van der Waals surface area (Å²) in [5, 5.41) is 10.9. The number of piperidine rings is 1. The molecular weight excluding hydrogens is 689 g/mol. The van der Waals surface area contributed by atoms with Gasteiger partial charge in [0.2, 0.25) is 17.7 Å². The molecule has 1 fully saturated rings. The highest BCUT2D eigenvalue weighted by Gasteiger charge is 2.47. The van der Waals surface area contributed by atoms with Gasteiger partial charge in [0, 0.05) is 45.9 Å². The van der Waals surface area contributed by atoms with Crippen molar-refractivity contribution in [3.05, 3.63) is 96.1 Å². The Balaban J connectivity index is 1.37. The monoisotopic (exact) mass is 734 g/mol. The average molecular weight is 735 g/mol. The van der Waals surface area contributed by atoms with Crippen LogP contribution in [0.1, 0.15) is 37.8 Å². The lowest BCUT2D eigenvalue weighted by Gasteiger charge is -2.41. The number of benzene rings is 3. The van der Waals surface area contributed by atoms with Crippen LogP contribution in [0.2, 0.25) is 0 Å². The summed E-state index contributed by atoms with van der Waals surface area (Å²) in [6.07, 6.45) is 0.133. The normalized spacial score (nSPS) is 22.3. The summed E-state index contributed by atoms with van der Waals surface area (Å²) in [5.41, 5.74) is 0.0854. The number of amides is 4. The minimum absolute atomic E-state index is 0.000452. The maximum Gasteiger partial charge on any atom is 0.282 e. The van der Waals surface area contributed by atoms with Gasteiger partial charge in [0.15, 0.2) is 5.60 Å². The number of nitrogens with zero attached hydrogens (tertiary/aromatic N) is 2. The Morgan fingerprint density at radius 2 is 1.33 bits per heavy atom. The molecule has 0 radical (unpaired) electrons. The molecule has 3 aromatic rings. The zero-order valence-electron chi connectivity index (χ0n) is 29.5. The molecule has 15 heteroatoms. The molecule has 0 unspecified atom stereocenters. The van der Waals surface area contributed by atoms with E-state index in [1.54, 1.807) is 31.2 Å². The van der Waals surface area contributed by atoms with Gasteiger partial charge < -0.3 is 30.7 Å². The molecule has 52 heavy (non-hydrogen) atoms. The van der Waals surface area contributed by atoms with Crippen molar-refractivity contribution in [1.82, 2.24) is 29.9 Å². The number of nitrogens with one attached hydrogen (secondary N) is 4. The number of carbonyl (C=O) groups is 4. The number of hydrogen-bond acceptors (Lipinski definition) is 8. The van der Waals surface area contributed by atoms with Gasteiger partial charge in [0.25, 0.3) is 16.1 Å². The number of hydrogen-bond donors (Lipinski definition) is 4. The predicted octanol–water partition coefficient (Wildman–Crippen LogP) is 1.52. The summed E-state index contributed by atoms with van der Waals surface area (Å²) in [6, 6.07) is 21.8. The lowest BCUT2D eigenvalue weighted by molar-refractivity contribution is -0.143. The third-order valence-corrected chi connectivity index (χ3v) is 11.1. The highest BCUT2D eigenvalue weighted by molar-refractivity contribution is 7.86. The van der Waals surface area contributed by atoms with Crippen LogP contribution in [0, 0.1) is 0 Å². The molecule has 278 valence electrons. The van der Waals surface area contributed by atoms with Gasteiger partial charge in [-0.3, -0.25) is 19.2 Å². The van der Waals surface area contributed by atoms with E-state index in [0.29, 0.717) is 11.5 Å². The Morgan fingerprint density at radius 3 is 1.96 bits per heavy atom. The first-order chi connectivity index (χ1) is 24.9. The topological polar surface area (TPSA) is 175 Å². The smallest absolute Gasteiger partial charge is 0.282 e. The van der Waals surface area contributed by atoms with E-state index in [2.05, 4.69) is 21.3 Å². The molecule has 3 aromatic carbocycles. The summed E-state index contributed by atoms with van der Waals surface area (Å²) in [5.74, 6) is -1.40. The lowest BCUT2D eigenvalue weighted by Crippen LogP contribution is -2.62. The van der Waals surface area contributed by atoms with Crippen molar-refractivity contribution in [2.75, 3.05) is 33.3 Å². The summed E-state index contributed by atoms with van der Waals surface area (Å²) < 4.78 is 41.9. The second-order valence-electron chi connectivity index (χ2n) is 13.0. The minimum Gasteiger partial charge on any atom is -0.492 e. The standard InChI is InChI=1S/C37H46N6O8S/c1-26-33(44)38-20-23-50-30-14-16-31(17-15-30)51-37(18-21-43(22-19-37)52(48,49)42(3)25-29-12-8-5-9-13-29)36(47)40-27(2)34(45)41-32(35(46)39-26)24-28-10-6-4-7-11-28/h4-17,26-27,32H,18-25H2,1-3H3,(H,38,44)(H,39,46)(H,40,47)(H,41,45)/t26-,27-,32-/m0/s1. The Kier molecular flexibility index (Phi) is 12.5. The predicted molar refractivity (Wildman–Crippen MR) is 193 cm³/mol. The Hall–Kier alpha value is -4.99. The summed E-state index contributed by atoms with van der Waals surface area (Å²) in [4.78, 5) is 53.9. The molecule has 1 spiro atoms. The maximum absolute atomic E-state index is 14.1. The third-order valence-electron chi connectivity index (χ3n) is 9.13. The van der Waals surface area contributed by atoms with Gasteiger partial charge in [-0.2, -0.15) is 17.0 Å². The maximum atomic E-state index is 14.1. The quantitative estimate of drug-likeness (QED) is 0.276. The molecule has 1 saturated heterocycles. The highest BCUT2D eigenvalue weighted by atomic mass is 32.2. The first-order valence-corrected chi connectivity index (χ1v) is 18.7. The molecule has 6 rings (SSSR count). The second kappa shape index (κ2) is 17.0. The van der Waals surface area contributed by atoms with Crippen LogP contribution in [0.3, 0.4) is 0 Å². The molecule has 4 amide bonds. The number of rotatable bonds is 6. The van der Waals surface area contributed by atoms with Crippen molar-refractivity contribution in [2.24, 2.45) is 0 Å². The van der Waals surface area contributed by atoms with E-state index in [1.165, 1.54) is 22.6 Å². The minimum atomic E-state index is -3.88. The van der Waals surface area contributed by atoms with E-state index in [9.17, 15) is 27.6 Å². The van der Waals surface area contributed by atoms with Crippen molar-refractivity contribution >= 4 is 33.8 Å². The van der Waals surface area contributed by atoms with E-state index in [-0.39, 0.29) is 52.0 Å². The van der Waals surface area contributed by atoms with E-state index in [0.717, 1.165) is 11.1 Å². The van der Waals surface area contributed by atoms with Crippen LogP contribution in [0.5, 0.6) is 11.5 Å². The lowest BCUT2D eigenvalue weighted by atomic mass is 9.90. The average Bonchev–Trinajstić information content (AvgIpc) is 3.14. The Bertz CT molecular complexity index is 1800. The van der Waals surface area contributed by atoms with Crippen molar-refractivity contribution in [3.8, 4) is 11.5 Å². The molecule has 3 aliphatic rings. The van der Waals surface area contributed by atoms with Crippen LogP contribution in [-0.2, 0) is 42.4 Å². The van der Waals surface area contributed by atoms with E-state index in [4.69, 9.17) is 9.47 Å². The molecular formula is C37H46N6O8S. The Labute approximate surface area is 304 Å². The zero-order chi connectivity index (χ0) is 37.3. The summed E-state index contributed by atoms with van der Waals surface area (Å²) in [6.45, 7) is 3.50. The van der Waals surface area contributed by atoms with Gasteiger partial charge >= 0.3 is 0 Å². The summed E-state index contributed by atoms with van der Waals surface area (Å²) >= 11 is 0. The molecule has 0 aromatic heterocycles. The van der Waals surface area contributed by atoms with Gasteiger partial charge in [-0.05, 0) is 49.2 Å². The molecule has 0 aliphatic carbocycles. The van der Waals surface area contributed by atoms with Gasteiger partial charge in [0.1, 0.15) is 36.2 Å². The van der Waals surface area contributed by atoms with Crippen molar-refractivity contribution in [2.45, 2.75) is 63.4 Å². The largest absolute Gasteiger partial charge is 0.492 e. The van der Waals surface area contributed by atoms with Gasteiger partial charge in [0.05, 0.1) is 6.54 Å². The molecule has 3 atom stereocenters. The molecule has 0 saturated carbocycles. The molecule has 14 nitrogen and oxygen atoms in total. The van der Waals surface area contributed by atoms with Crippen molar-refractivity contribution in [3.63, 3.8) is 0 Å². The van der Waals surface area contributed by atoms with E-state index < -0.39 is 57.6 Å². The fraction of sp³-hybridized carbons (Fsp3) is 0.405. The number of fused-ring (bicyclic) bond motifs is 15. The molecule has 3 aliphatic heterocycles. The van der Waals surface area contributed by atoms with Crippen LogP contribution in [0.25, 0.3) is 0 Å². The van der Waals surface area contributed by atoms with Crippen LogP contribution >= 0.6 is 0 Å². The second-order valence-corrected chi connectivity index (χ2v) is 15.1. The van der Waals surface area contributed by atoms with Gasteiger partial charge in [-0.1, -0.05) is 60.7 Å². The molecule has 4 N–H and O–H groups in total. The van der Waals surface area contributed by atoms with Crippen LogP contribution in [0.15, 0.2) is 84.9 Å². The third kappa shape index (κ3) is 9.66. The first kappa shape index (κ1) is 38.2. The van der Waals surface area contributed by atoms with E-state index in [1.807, 2.05) is 60.7 Å². The fourth-order valence-corrected chi connectivity index (χ4v) is 7.38. The fourth-order valence-electron chi connectivity index (χ4n) is 6.03. The van der Waals surface area contributed by atoms with Gasteiger partial charge in [-0.25, -0.2) is 0 Å². The van der Waals surface area contributed by atoms with E-state index >= 15 is 0 Å². The highest BCUT2D eigenvalue weighted by Crippen LogP contribution is 2.32. The first-order valence-electron chi connectivity index (χ1n) is 17.3. The van der Waals surface area contributed by atoms with Crippen LogP contribution in [0.4, 0.5) is 0 Å². The van der Waals surface area contributed by atoms with Crippen molar-refractivity contribution in [1.29, 1.82) is 0 Å². The molecule has 2 bridgehead atoms. The SMILES string of the molecule is C[C@@H]1NC(=O)[C@H](Cc2ccccc2)NC(=O)[C@H](C)NC(=O)C2(CCN(S(=O)(=O)N(C)Cc3ccccc3)CC2)Oc2ccc(cc2)OCCNC1=O. The summed E-state index contributed by atoms with van der Waals surface area (Å²) in [7, 11) is -2.37. The number of carbonyl (C=O) groups excluding carboxylic acids is 4. The van der Waals surface area contributed by atoms with Gasteiger partial charge in [-0.15, -0.1) is 0 Å². The van der Waals surface area contributed by atoms with Crippen molar-refractivity contribution < 1.29 is 37.1 Å². The zero-order valence-corrected chi connectivity index (χ0v) is 30.4.